The molecule has 1 heterocycles. The third-order valence-corrected chi connectivity index (χ3v) is 2.65. The van der Waals surface area contributed by atoms with Crippen molar-refractivity contribution in [3.63, 3.8) is 0 Å². The summed E-state index contributed by atoms with van der Waals surface area (Å²) in [5, 5.41) is 2.83. The molecule has 0 bridgehead atoms. The number of nitrogens with zero attached hydrogens (tertiary/aromatic N) is 2. The number of ether oxygens (including phenoxy) is 1. The molecule has 1 atom stereocenters. The number of anilines is 1. The Hall–Kier alpha value is -1.85. The summed E-state index contributed by atoms with van der Waals surface area (Å²) in [6, 6.07) is -0.0875. The van der Waals surface area contributed by atoms with Crippen LogP contribution in [0.15, 0.2) is 6.20 Å². The van der Waals surface area contributed by atoms with Gasteiger partial charge in [-0.15, -0.1) is 0 Å². The van der Waals surface area contributed by atoms with Gasteiger partial charge in [-0.25, -0.2) is 14.8 Å². The highest BCUT2D eigenvalue weighted by Gasteiger charge is 2.27. The Morgan fingerprint density at radius 3 is 2.94 bits per heavy atom. The van der Waals surface area contributed by atoms with Gasteiger partial charge in [-0.05, 0) is 33.6 Å². The van der Waals surface area contributed by atoms with E-state index in [0.717, 1.165) is 24.1 Å². The van der Waals surface area contributed by atoms with Crippen LogP contribution in [-0.2, 0) is 11.2 Å². The van der Waals surface area contributed by atoms with Gasteiger partial charge in [0, 0.05) is 11.8 Å². The molecule has 1 amide bonds. The zero-order chi connectivity index (χ0) is 13.3. The summed E-state index contributed by atoms with van der Waals surface area (Å²) < 4.78 is 5.22. The molecule has 0 aromatic carbocycles. The number of alkyl carbamates (subject to hydrolysis) is 1. The van der Waals surface area contributed by atoms with Gasteiger partial charge in [0.15, 0.2) is 0 Å². The fourth-order valence-corrected chi connectivity index (χ4v) is 1.97. The maximum Gasteiger partial charge on any atom is 0.408 e. The summed E-state index contributed by atoms with van der Waals surface area (Å²) in [5.74, 6) is 0.270. The molecular weight excluding hydrogens is 232 g/mol. The Morgan fingerprint density at radius 2 is 2.28 bits per heavy atom. The number of hydrogen-bond acceptors (Lipinski definition) is 5. The quantitative estimate of drug-likeness (QED) is 0.789. The molecule has 98 valence electrons. The predicted octanol–water partition coefficient (Wildman–Crippen LogP) is 1.57. The van der Waals surface area contributed by atoms with Crippen LogP contribution in [0.5, 0.6) is 0 Å². The van der Waals surface area contributed by atoms with E-state index in [4.69, 9.17) is 10.5 Å². The van der Waals surface area contributed by atoms with Crippen LogP contribution in [0, 0.1) is 0 Å². The average molecular weight is 250 g/mol. The SMILES string of the molecule is CC(C)(C)OC(=O)NC1CCc2nc(N)ncc21. The van der Waals surface area contributed by atoms with Crippen molar-refractivity contribution in [1.29, 1.82) is 0 Å². The fourth-order valence-electron chi connectivity index (χ4n) is 1.97. The molecule has 0 saturated carbocycles. The van der Waals surface area contributed by atoms with Gasteiger partial charge in [0.1, 0.15) is 5.60 Å². The van der Waals surface area contributed by atoms with Gasteiger partial charge in [0.2, 0.25) is 5.95 Å². The molecule has 0 aliphatic heterocycles. The predicted molar refractivity (Wildman–Crippen MR) is 66.9 cm³/mol. The third kappa shape index (κ3) is 2.88. The second-order valence-electron chi connectivity index (χ2n) is 5.37. The second kappa shape index (κ2) is 4.44. The zero-order valence-electron chi connectivity index (χ0n) is 10.9. The topological polar surface area (TPSA) is 90.1 Å². The van der Waals surface area contributed by atoms with E-state index >= 15 is 0 Å². The number of nitrogen functional groups attached to an aromatic ring is 1. The fraction of sp³-hybridized carbons (Fsp3) is 0.583. The molecule has 18 heavy (non-hydrogen) atoms. The smallest absolute Gasteiger partial charge is 0.408 e. The molecule has 0 radical (unpaired) electrons. The van der Waals surface area contributed by atoms with Crippen molar-refractivity contribution in [2.75, 3.05) is 5.73 Å². The molecule has 0 fully saturated rings. The number of carbonyl (C=O) groups is 1. The first-order valence-electron chi connectivity index (χ1n) is 5.96. The van der Waals surface area contributed by atoms with Crippen molar-refractivity contribution in [2.24, 2.45) is 0 Å². The summed E-state index contributed by atoms with van der Waals surface area (Å²) in [6.45, 7) is 5.50. The highest BCUT2D eigenvalue weighted by atomic mass is 16.6. The van der Waals surface area contributed by atoms with Crippen LogP contribution in [0.25, 0.3) is 0 Å². The van der Waals surface area contributed by atoms with Gasteiger partial charge < -0.3 is 15.8 Å². The first kappa shape index (κ1) is 12.6. The maximum absolute atomic E-state index is 11.7. The van der Waals surface area contributed by atoms with Crippen LogP contribution < -0.4 is 11.1 Å². The lowest BCUT2D eigenvalue weighted by atomic mass is 10.2. The molecule has 6 nitrogen and oxygen atoms in total. The maximum atomic E-state index is 11.7. The second-order valence-corrected chi connectivity index (χ2v) is 5.37. The van der Waals surface area contributed by atoms with E-state index in [1.54, 1.807) is 6.20 Å². The summed E-state index contributed by atoms with van der Waals surface area (Å²) in [5.41, 5.74) is 6.86. The van der Waals surface area contributed by atoms with E-state index in [2.05, 4.69) is 15.3 Å². The zero-order valence-corrected chi connectivity index (χ0v) is 10.9. The number of aryl methyl sites for hydroxylation is 1. The Labute approximate surface area is 106 Å². The Kier molecular flexibility index (Phi) is 3.11. The highest BCUT2D eigenvalue weighted by molar-refractivity contribution is 5.68. The molecule has 1 aromatic rings. The van der Waals surface area contributed by atoms with Crippen molar-refractivity contribution in [1.82, 2.24) is 15.3 Å². The lowest BCUT2D eigenvalue weighted by Gasteiger charge is -2.21. The monoisotopic (exact) mass is 250 g/mol. The van der Waals surface area contributed by atoms with Crippen molar-refractivity contribution in [3.05, 3.63) is 17.5 Å². The average Bonchev–Trinajstić information content (AvgIpc) is 2.57. The number of nitrogens with two attached hydrogens (primary N) is 1. The number of rotatable bonds is 1. The third-order valence-electron chi connectivity index (χ3n) is 2.65. The molecular formula is C12H18N4O2. The highest BCUT2D eigenvalue weighted by Crippen LogP contribution is 2.29. The van der Waals surface area contributed by atoms with Gasteiger partial charge >= 0.3 is 6.09 Å². The molecule has 1 aliphatic carbocycles. The van der Waals surface area contributed by atoms with Crippen molar-refractivity contribution in [2.45, 2.75) is 45.3 Å². The van der Waals surface area contributed by atoms with E-state index in [9.17, 15) is 4.79 Å². The Balaban J connectivity index is 2.04. The van der Waals surface area contributed by atoms with Crippen LogP contribution in [0.2, 0.25) is 0 Å². The summed E-state index contributed by atoms with van der Waals surface area (Å²) in [6.07, 6.45) is 2.85. The minimum atomic E-state index is -0.497. The van der Waals surface area contributed by atoms with Gasteiger partial charge in [-0.1, -0.05) is 0 Å². The van der Waals surface area contributed by atoms with Gasteiger partial charge in [0.25, 0.3) is 0 Å². The van der Waals surface area contributed by atoms with Crippen molar-refractivity contribution in [3.8, 4) is 0 Å². The summed E-state index contributed by atoms with van der Waals surface area (Å²) in [4.78, 5) is 19.8. The molecule has 1 aromatic heterocycles. The normalized spacial score (nSPS) is 18.3. The number of carbonyl (C=O) groups excluding carboxylic acids is 1. The van der Waals surface area contributed by atoms with Crippen LogP contribution >= 0.6 is 0 Å². The number of aromatic nitrogens is 2. The minimum Gasteiger partial charge on any atom is -0.444 e. The Morgan fingerprint density at radius 1 is 1.56 bits per heavy atom. The van der Waals surface area contributed by atoms with E-state index in [1.165, 1.54) is 0 Å². The lowest BCUT2D eigenvalue weighted by molar-refractivity contribution is 0.0503. The molecule has 3 N–H and O–H groups in total. The standard InChI is InChI=1S/C12H18N4O2/c1-12(2,3)18-11(17)16-9-5-4-8-7(9)6-14-10(13)15-8/h6,9H,4-5H2,1-3H3,(H,16,17)(H2,13,14,15). The first-order valence-corrected chi connectivity index (χ1v) is 5.96. The number of nitrogens with one attached hydrogen (secondary N) is 1. The molecule has 0 saturated heterocycles. The number of hydrogen-bond donors (Lipinski definition) is 2. The van der Waals surface area contributed by atoms with Crippen LogP contribution in [-0.4, -0.2) is 21.7 Å². The van der Waals surface area contributed by atoms with Gasteiger partial charge in [-0.2, -0.15) is 0 Å². The van der Waals surface area contributed by atoms with Crippen molar-refractivity contribution < 1.29 is 9.53 Å². The number of fused-ring (bicyclic) bond motifs is 1. The van der Waals surface area contributed by atoms with E-state index in [1.807, 2.05) is 20.8 Å². The van der Waals surface area contributed by atoms with E-state index < -0.39 is 11.7 Å². The first-order chi connectivity index (χ1) is 8.35. The largest absolute Gasteiger partial charge is 0.444 e. The number of amides is 1. The van der Waals surface area contributed by atoms with E-state index in [0.29, 0.717) is 0 Å². The Bertz CT molecular complexity index is 468. The molecule has 2 rings (SSSR count). The van der Waals surface area contributed by atoms with Gasteiger partial charge in [-0.3, -0.25) is 0 Å². The van der Waals surface area contributed by atoms with Gasteiger partial charge in [0.05, 0.1) is 11.7 Å². The summed E-state index contributed by atoms with van der Waals surface area (Å²) >= 11 is 0. The van der Waals surface area contributed by atoms with Crippen LogP contribution in [0.3, 0.4) is 0 Å². The molecule has 0 spiro atoms. The van der Waals surface area contributed by atoms with Crippen molar-refractivity contribution >= 4 is 12.0 Å². The lowest BCUT2D eigenvalue weighted by Crippen LogP contribution is -2.34. The van der Waals surface area contributed by atoms with Crippen LogP contribution in [0.4, 0.5) is 10.7 Å². The van der Waals surface area contributed by atoms with E-state index in [-0.39, 0.29) is 12.0 Å². The molecule has 1 unspecified atom stereocenters. The molecule has 6 heteroatoms. The molecule has 1 aliphatic rings. The van der Waals surface area contributed by atoms with Crippen LogP contribution in [0.1, 0.15) is 44.5 Å². The summed E-state index contributed by atoms with van der Waals surface area (Å²) in [7, 11) is 0. The minimum absolute atomic E-state index is 0.0875.